The van der Waals surface area contributed by atoms with Crippen LogP contribution in [0.15, 0.2) is 52.9 Å². The van der Waals surface area contributed by atoms with Crippen LogP contribution in [0.2, 0.25) is 0 Å². The molecule has 0 aliphatic heterocycles. The van der Waals surface area contributed by atoms with Crippen molar-refractivity contribution < 1.29 is 9.15 Å². The molecule has 0 saturated heterocycles. The largest absolute Gasteiger partial charge is 0.489 e. The van der Waals surface area contributed by atoms with Gasteiger partial charge in [0.05, 0.1) is 18.2 Å². The van der Waals surface area contributed by atoms with Crippen molar-refractivity contribution in [2.24, 2.45) is 0 Å². The molecule has 0 saturated carbocycles. The van der Waals surface area contributed by atoms with Gasteiger partial charge in [0.25, 0.3) is 0 Å². The molecule has 0 unspecified atom stereocenters. The van der Waals surface area contributed by atoms with Gasteiger partial charge in [-0.1, -0.05) is 24.3 Å². The highest BCUT2D eigenvalue weighted by Gasteiger charge is 2.18. The van der Waals surface area contributed by atoms with Crippen molar-refractivity contribution in [3.63, 3.8) is 0 Å². The summed E-state index contributed by atoms with van der Waals surface area (Å²) in [6.07, 6.45) is 5.10. The van der Waals surface area contributed by atoms with E-state index in [-0.39, 0.29) is 0 Å². The smallest absolute Gasteiger partial charge is 0.164 e. The second-order valence-corrected chi connectivity index (χ2v) is 8.38. The molecule has 2 aromatic carbocycles. The number of aryl methyl sites for hydroxylation is 2. The summed E-state index contributed by atoms with van der Waals surface area (Å²) in [4.78, 5) is 6.22. The summed E-state index contributed by atoms with van der Waals surface area (Å²) in [7, 11) is 0. The Bertz CT molecular complexity index is 1190. The molecule has 0 amide bonds. The molecule has 1 aliphatic carbocycles. The van der Waals surface area contributed by atoms with Crippen molar-refractivity contribution in [3.8, 4) is 22.6 Å². The molecule has 29 heavy (non-hydrogen) atoms. The summed E-state index contributed by atoms with van der Waals surface area (Å²) in [6.45, 7) is 0.438. The van der Waals surface area contributed by atoms with E-state index in [1.165, 1.54) is 23.4 Å². The Balaban J connectivity index is 1.37. The number of nitrogens with zero attached hydrogens (tertiary/aromatic N) is 2. The van der Waals surface area contributed by atoms with Crippen LogP contribution in [0.5, 0.6) is 5.75 Å². The predicted molar refractivity (Wildman–Crippen MR) is 114 cm³/mol. The lowest BCUT2D eigenvalue weighted by Gasteiger charge is -2.09. The van der Waals surface area contributed by atoms with Gasteiger partial charge >= 0.3 is 0 Å². The van der Waals surface area contributed by atoms with Gasteiger partial charge in [0.15, 0.2) is 10.8 Å². The van der Waals surface area contributed by atoms with Crippen molar-refractivity contribution in [1.82, 2.24) is 4.98 Å². The quantitative estimate of drug-likeness (QED) is 0.407. The Labute approximate surface area is 173 Å². The first-order valence-corrected chi connectivity index (χ1v) is 10.7. The van der Waals surface area contributed by atoms with Crippen molar-refractivity contribution in [1.29, 1.82) is 5.26 Å². The van der Waals surface area contributed by atoms with Gasteiger partial charge in [0.2, 0.25) is 0 Å². The standard InChI is InChI=1S/C24H20N2O2S/c25-12-11-16-5-1-2-6-17(16)15-27-19-9-10-21-18(13-19)14-22(28-21)24-26-20-7-3-4-8-23(20)29-24/h1-2,5-6,9-10,13-14H,3-4,7-8,11,15H2. The molecule has 0 bridgehead atoms. The highest BCUT2D eigenvalue weighted by Crippen LogP contribution is 2.36. The van der Waals surface area contributed by atoms with E-state index in [0.29, 0.717) is 13.0 Å². The minimum atomic E-state index is 0.390. The second kappa shape index (κ2) is 7.73. The van der Waals surface area contributed by atoms with E-state index >= 15 is 0 Å². The third-order valence-electron chi connectivity index (χ3n) is 5.33. The summed E-state index contributed by atoms with van der Waals surface area (Å²) < 4.78 is 12.1. The van der Waals surface area contributed by atoms with Gasteiger partial charge < -0.3 is 9.15 Å². The lowest BCUT2D eigenvalue weighted by atomic mass is 10.0. The summed E-state index contributed by atoms with van der Waals surface area (Å²) in [5, 5.41) is 11.0. The number of aromatic nitrogens is 1. The predicted octanol–water partition coefficient (Wildman–Crippen LogP) is 6.08. The Morgan fingerprint density at radius 1 is 1.07 bits per heavy atom. The first-order chi connectivity index (χ1) is 14.3. The number of fused-ring (bicyclic) bond motifs is 2. The molecule has 144 valence electrons. The van der Waals surface area contributed by atoms with E-state index in [0.717, 1.165) is 51.5 Å². The molecule has 4 nitrogen and oxygen atoms in total. The van der Waals surface area contributed by atoms with Gasteiger partial charge in [-0.05, 0) is 61.1 Å². The fourth-order valence-electron chi connectivity index (χ4n) is 3.79. The molecule has 2 heterocycles. The average molecular weight is 401 g/mol. The maximum absolute atomic E-state index is 8.99. The summed E-state index contributed by atoms with van der Waals surface area (Å²) in [5.74, 6) is 1.62. The third kappa shape index (κ3) is 3.64. The molecular weight excluding hydrogens is 380 g/mol. The first kappa shape index (κ1) is 18.0. The molecule has 5 heteroatoms. The summed E-state index contributed by atoms with van der Waals surface area (Å²) >= 11 is 1.76. The highest BCUT2D eigenvalue weighted by molar-refractivity contribution is 7.15. The molecule has 5 rings (SSSR count). The molecule has 0 radical (unpaired) electrons. The van der Waals surface area contributed by atoms with Crippen LogP contribution in [0.4, 0.5) is 0 Å². The van der Waals surface area contributed by atoms with Crippen LogP contribution in [0.1, 0.15) is 34.5 Å². The normalized spacial score (nSPS) is 13.2. The number of rotatable bonds is 5. The molecule has 2 aromatic heterocycles. The Morgan fingerprint density at radius 2 is 1.93 bits per heavy atom. The maximum atomic E-state index is 8.99. The second-order valence-electron chi connectivity index (χ2n) is 7.30. The van der Waals surface area contributed by atoms with Crippen molar-refractivity contribution >= 4 is 22.3 Å². The van der Waals surface area contributed by atoms with Gasteiger partial charge in [-0.3, -0.25) is 0 Å². The van der Waals surface area contributed by atoms with E-state index in [9.17, 15) is 0 Å². The van der Waals surface area contributed by atoms with E-state index in [1.807, 2.05) is 42.5 Å². The molecular formula is C24H20N2O2S. The van der Waals surface area contributed by atoms with Crippen LogP contribution < -0.4 is 4.74 Å². The topological polar surface area (TPSA) is 59.0 Å². The van der Waals surface area contributed by atoms with Crippen LogP contribution in [0.3, 0.4) is 0 Å². The monoisotopic (exact) mass is 400 g/mol. The zero-order chi connectivity index (χ0) is 19.6. The Kier molecular flexibility index (Phi) is 4.79. The van der Waals surface area contributed by atoms with E-state index < -0.39 is 0 Å². The molecule has 0 spiro atoms. The SMILES string of the molecule is N#CCc1ccccc1COc1ccc2oc(-c3nc4c(s3)CCCC4)cc2c1. The molecule has 0 atom stereocenters. The van der Waals surface area contributed by atoms with E-state index in [4.69, 9.17) is 19.4 Å². The molecule has 0 fully saturated rings. The number of nitriles is 1. The zero-order valence-electron chi connectivity index (χ0n) is 16.0. The maximum Gasteiger partial charge on any atom is 0.164 e. The number of thiazole rings is 1. The lowest BCUT2D eigenvalue weighted by molar-refractivity contribution is 0.305. The van der Waals surface area contributed by atoms with Crippen molar-refractivity contribution in [3.05, 3.63) is 70.2 Å². The first-order valence-electron chi connectivity index (χ1n) is 9.89. The fourth-order valence-corrected chi connectivity index (χ4v) is 4.89. The van der Waals surface area contributed by atoms with Gasteiger partial charge in [0.1, 0.15) is 17.9 Å². The van der Waals surface area contributed by atoms with Crippen LogP contribution in [0, 0.1) is 11.3 Å². The van der Waals surface area contributed by atoms with Crippen LogP contribution in [-0.4, -0.2) is 4.98 Å². The van der Waals surface area contributed by atoms with Gasteiger partial charge in [-0.2, -0.15) is 5.26 Å². The molecule has 4 aromatic rings. The summed E-state index contributed by atoms with van der Waals surface area (Å²) in [5.41, 5.74) is 4.13. The fraction of sp³-hybridized carbons (Fsp3) is 0.250. The van der Waals surface area contributed by atoms with Gasteiger partial charge in [0, 0.05) is 10.3 Å². The number of hydrogen-bond acceptors (Lipinski definition) is 5. The van der Waals surface area contributed by atoms with Crippen molar-refractivity contribution in [2.45, 2.75) is 38.7 Å². The van der Waals surface area contributed by atoms with E-state index in [2.05, 4.69) is 12.1 Å². The Morgan fingerprint density at radius 3 is 2.79 bits per heavy atom. The third-order valence-corrected chi connectivity index (χ3v) is 6.50. The minimum absolute atomic E-state index is 0.390. The lowest BCUT2D eigenvalue weighted by Crippen LogP contribution is -1.99. The summed E-state index contributed by atoms with van der Waals surface area (Å²) in [6, 6.07) is 18.0. The zero-order valence-corrected chi connectivity index (χ0v) is 16.8. The van der Waals surface area contributed by atoms with E-state index in [1.54, 1.807) is 11.3 Å². The molecule has 1 aliphatic rings. The average Bonchev–Trinajstić information content (AvgIpc) is 3.37. The van der Waals surface area contributed by atoms with Crippen LogP contribution >= 0.6 is 11.3 Å². The molecule has 0 N–H and O–H groups in total. The minimum Gasteiger partial charge on any atom is -0.489 e. The van der Waals surface area contributed by atoms with Crippen LogP contribution in [-0.2, 0) is 25.9 Å². The van der Waals surface area contributed by atoms with Gasteiger partial charge in [-0.15, -0.1) is 11.3 Å². The van der Waals surface area contributed by atoms with Crippen molar-refractivity contribution in [2.75, 3.05) is 0 Å². The number of benzene rings is 2. The number of hydrogen-bond donors (Lipinski definition) is 0. The highest BCUT2D eigenvalue weighted by atomic mass is 32.1. The number of ether oxygens (including phenoxy) is 1. The van der Waals surface area contributed by atoms with Gasteiger partial charge in [-0.25, -0.2) is 4.98 Å². The van der Waals surface area contributed by atoms with Crippen LogP contribution in [0.25, 0.3) is 21.7 Å². The number of furan rings is 1. The Hall–Kier alpha value is -3.10.